The Morgan fingerprint density at radius 3 is 2.71 bits per heavy atom. The Bertz CT molecular complexity index is 1060. The first-order valence-corrected chi connectivity index (χ1v) is 9.27. The van der Waals surface area contributed by atoms with Crippen LogP contribution in [0.5, 0.6) is 0 Å². The number of benzene rings is 2. The van der Waals surface area contributed by atoms with Gasteiger partial charge in [-0.2, -0.15) is 4.80 Å². The summed E-state index contributed by atoms with van der Waals surface area (Å²) in [6.07, 6.45) is 0.976. The molecule has 7 nitrogen and oxygen atoms in total. The van der Waals surface area contributed by atoms with E-state index in [4.69, 9.17) is 4.42 Å². The molecule has 0 saturated heterocycles. The average molecular weight is 375 g/mol. The normalized spacial score (nSPS) is 12.2. The molecule has 0 radical (unpaired) electrons. The Kier molecular flexibility index (Phi) is 4.89. The van der Waals surface area contributed by atoms with Crippen LogP contribution in [0.15, 0.2) is 59.0 Å². The lowest BCUT2D eigenvalue weighted by atomic mass is 10.1. The highest BCUT2D eigenvalue weighted by molar-refractivity contribution is 5.79. The minimum Gasteiger partial charge on any atom is -0.459 e. The predicted octanol–water partition coefficient (Wildman–Crippen LogP) is 3.53. The lowest BCUT2D eigenvalue weighted by molar-refractivity contribution is -0.122. The molecule has 4 rings (SSSR count). The molecule has 0 unspecified atom stereocenters. The van der Waals surface area contributed by atoms with Gasteiger partial charge in [-0.05, 0) is 36.3 Å². The number of amides is 1. The summed E-state index contributed by atoms with van der Waals surface area (Å²) in [7, 11) is 0. The van der Waals surface area contributed by atoms with Crippen molar-refractivity contribution in [2.24, 2.45) is 0 Å². The highest BCUT2D eigenvalue weighted by atomic mass is 16.3. The van der Waals surface area contributed by atoms with Crippen molar-refractivity contribution in [1.82, 2.24) is 25.5 Å². The van der Waals surface area contributed by atoms with Crippen LogP contribution in [0.4, 0.5) is 0 Å². The quantitative estimate of drug-likeness (QED) is 0.557. The molecular weight excluding hydrogens is 354 g/mol. The summed E-state index contributed by atoms with van der Waals surface area (Å²) in [4.78, 5) is 13.7. The molecule has 2 heterocycles. The molecule has 0 spiro atoms. The summed E-state index contributed by atoms with van der Waals surface area (Å²) < 4.78 is 5.80. The first-order valence-electron chi connectivity index (χ1n) is 9.27. The van der Waals surface area contributed by atoms with Crippen molar-refractivity contribution in [3.05, 3.63) is 65.9 Å². The first kappa shape index (κ1) is 17.9. The first-order chi connectivity index (χ1) is 13.6. The zero-order chi connectivity index (χ0) is 19.5. The van der Waals surface area contributed by atoms with Gasteiger partial charge in [0, 0.05) is 10.9 Å². The van der Waals surface area contributed by atoms with Gasteiger partial charge >= 0.3 is 0 Å². The van der Waals surface area contributed by atoms with Crippen LogP contribution < -0.4 is 5.32 Å². The molecule has 1 N–H and O–H groups in total. The van der Waals surface area contributed by atoms with Crippen molar-refractivity contribution in [3.8, 4) is 11.4 Å². The van der Waals surface area contributed by atoms with Crippen molar-refractivity contribution in [1.29, 1.82) is 0 Å². The van der Waals surface area contributed by atoms with E-state index >= 15 is 0 Å². The van der Waals surface area contributed by atoms with Gasteiger partial charge in [0.05, 0.1) is 6.04 Å². The number of carbonyl (C=O) groups excluding carboxylic acids is 1. The Hall–Kier alpha value is -3.48. The topological polar surface area (TPSA) is 85.8 Å². The van der Waals surface area contributed by atoms with E-state index in [1.54, 1.807) is 0 Å². The Labute approximate surface area is 162 Å². The Morgan fingerprint density at radius 2 is 1.96 bits per heavy atom. The van der Waals surface area contributed by atoms with Crippen LogP contribution >= 0.6 is 0 Å². The van der Waals surface area contributed by atoms with E-state index in [-0.39, 0.29) is 18.5 Å². The van der Waals surface area contributed by atoms with Crippen LogP contribution in [-0.2, 0) is 17.8 Å². The number of rotatable bonds is 6. The molecular formula is C21H21N5O2. The third-order valence-corrected chi connectivity index (χ3v) is 4.61. The summed E-state index contributed by atoms with van der Waals surface area (Å²) >= 11 is 0. The molecule has 28 heavy (non-hydrogen) atoms. The largest absolute Gasteiger partial charge is 0.459 e. The van der Waals surface area contributed by atoms with Crippen molar-refractivity contribution >= 4 is 16.9 Å². The van der Waals surface area contributed by atoms with Crippen molar-refractivity contribution < 1.29 is 9.21 Å². The van der Waals surface area contributed by atoms with Gasteiger partial charge in [-0.3, -0.25) is 4.79 Å². The molecule has 0 fully saturated rings. The minimum atomic E-state index is -0.260. The fourth-order valence-electron chi connectivity index (χ4n) is 3.02. The third kappa shape index (κ3) is 3.78. The number of carbonyl (C=O) groups is 1. The minimum absolute atomic E-state index is 0.00931. The molecule has 2 aromatic carbocycles. The van der Waals surface area contributed by atoms with Crippen LogP contribution in [0.2, 0.25) is 0 Å². The highest BCUT2D eigenvalue weighted by Crippen LogP contribution is 2.23. The maximum absolute atomic E-state index is 12.4. The number of nitrogens with one attached hydrogen (secondary N) is 1. The van der Waals surface area contributed by atoms with E-state index in [0.717, 1.165) is 23.0 Å². The number of para-hydroxylation sites is 1. The number of hydrogen-bond donors (Lipinski definition) is 1. The molecule has 0 saturated carbocycles. The molecule has 0 bridgehead atoms. The monoisotopic (exact) mass is 375 g/mol. The van der Waals surface area contributed by atoms with Gasteiger partial charge in [0.2, 0.25) is 11.7 Å². The van der Waals surface area contributed by atoms with Gasteiger partial charge in [-0.1, -0.05) is 49.4 Å². The van der Waals surface area contributed by atoms with Crippen LogP contribution in [0.25, 0.3) is 22.4 Å². The molecule has 0 aliphatic rings. The standard InChI is InChI=1S/C21H21N5O2/c1-3-15-8-10-16(11-9-15)21-23-25-26(24-21)13-20(27)22-14(2)19-12-17-6-4-5-7-18(17)28-19/h4-12,14H,3,13H2,1-2H3,(H,22,27)/t14-/m0/s1. The zero-order valence-corrected chi connectivity index (χ0v) is 15.8. The highest BCUT2D eigenvalue weighted by Gasteiger charge is 2.16. The summed E-state index contributed by atoms with van der Waals surface area (Å²) in [5.41, 5.74) is 2.92. The lowest BCUT2D eigenvalue weighted by Gasteiger charge is -2.10. The SMILES string of the molecule is CCc1ccc(-c2nnn(CC(=O)N[C@@H](C)c3cc4ccccc4o3)n2)cc1. The maximum atomic E-state index is 12.4. The van der Waals surface area contributed by atoms with Gasteiger partial charge in [0.15, 0.2) is 0 Å². The van der Waals surface area contributed by atoms with Crippen molar-refractivity contribution in [3.63, 3.8) is 0 Å². The van der Waals surface area contributed by atoms with E-state index in [2.05, 4.69) is 27.7 Å². The Balaban J connectivity index is 1.40. The van der Waals surface area contributed by atoms with Crippen LogP contribution in [0, 0.1) is 0 Å². The second kappa shape index (κ2) is 7.64. The number of aromatic nitrogens is 4. The number of fused-ring (bicyclic) bond motifs is 1. The van der Waals surface area contributed by atoms with Gasteiger partial charge in [0.1, 0.15) is 17.9 Å². The summed E-state index contributed by atoms with van der Waals surface area (Å²) in [6, 6.07) is 17.4. The maximum Gasteiger partial charge on any atom is 0.244 e. The van der Waals surface area contributed by atoms with E-state index < -0.39 is 0 Å². The fourth-order valence-corrected chi connectivity index (χ4v) is 3.02. The van der Waals surface area contributed by atoms with Gasteiger partial charge in [-0.25, -0.2) is 0 Å². The van der Waals surface area contributed by atoms with Crippen LogP contribution in [0.3, 0.4) is 0 Å². The molecule has 1 amide bonds. The van der Waals surface area contributed by atoms with Crippen LogP contribution in [-0.4, -0.2) is 26.1 Å². The zero-order valence-electron chi connectivity index (χ0n) is 15.8. The molecule has 1 atom stereocenters. The fraction of sp³-hybridized carbons (Fsp3) is 0.238. The number of hydrogen-bond acceptors (Lipinski definition) is 5. The van der Waals surface area contributed by atoms with E-state index in [1.165, 1.54) is 10.4 Å². The Morgan fingerprint density at radius 1 is 1.18 bits per heavy atom. The molecule has 4 aromatic rings. The van der Waals surface area contributed by atoms with Gasteiger partial charge in [-0.15, -0.1) is 10.2 Å². The van der Waals surface area contributed by atoms with Gasteiger partial charge in [0.25, 0.3) is 0 Å². The summed E-state index contributed by atoms with van der Waals surface area (Å²) in [6.45, 7) is 3.98. The van der Waals surface area contributed by atoms with E-state index in [0.29, 0.717) is 11.6 Å². The smallest absolute Gasteiger partial charge is 0.244 e. The number of furan rings is 1. The number of tetrazole rings is 1. The molecule has 0 aliphatic carbocycles. The van der Waals surface area contributed by atoms with E-state index in [9.17, 15) is 4.79 Å². The molecule has 142 valence electrons. The second-order valence-corrected chi connectivity index (χ2v) is 6.67. The van der Waals surface area contributed by atoms with Crippen molar-refractivity contribution in [2.45, 2.75) is 32.9 Å². The molecule has 2 aromatic heterocycles. The summed E-state index contributed by atoms with van der Waals surface area (Å²) in [5.74, 6) is 0.997. The molecule has 0 aliphatic heterocycles. The third-order valence-electron chi connectivity index (χ3n) is 4.61. The average Bonchev–Trinajstić information content (AvgIpc) is 3.35. The van der Waals surface area contributed by atoms with Crippen molar-refractivity contribution in [2.75, 3.05) is 0 Å². The van der Waals surface area contributed by atoms with Crippen LogP contribution in [0.1, 0.15) is 31.2 Å². The van der Waals surface area contributed by atoms with Gasteiger partial charge < -0.3 is 9.73 Å². The lowest BCUT2D eigenvalue weighted by Crippen LogP contribution is -2.30. The molecule has 7 heteroatoms. The van der Waals surface area contributed by atoms with E-state index in [1.807, 2.05) is 61.5 Å². The second-order valence-electron chi connectivity index (χ2n) is 6.67. The number of nitrogens with zero attached hydrogens (tertiary/aromatic N) is 4. The summed E-state index contributed by atoms with van der Waals surface area (Å²) in [5, 5.41) is 16.2. The predicted molar refractivity (Wildman–Crippen MR) is 105 cm³/mol. The number of aryl methyl sites for hydroxylation is 1.